The molecule has 0 bridgehead atoms. The predicted octanol–water partition coefficient (Wildman–Crippen LogP) is 3.75. The zero-order valence-electron chi connectivity index (χ0n) is 15.8. The van der Waals surface area contributed by atoms with Crippen molar-refractivity contribution < 1.29 is 4.79 Å². The summed E-state index contributed by atoms with van der Waals surface area (Å²) in [6, 6.07) is 8.16. The molecule has 0 spiro atoms. The highest BCUT2D eigenvalue weighted by Crippen LogP contribution is 2.34. The molecule has 1 saturated heterocycles. The second-order valence-electron chi connectivity index (χ2n) is 7.86. The molecule has 1 aromatic carbocycles. The van der Waals surface area contributed by atoms with E-state index in [1.807, 2.05) is 18.2 Å². The van der Waals surface area contributed by atoms with Gasteiger partial charge in [0.15, 0.2) is 0 Å². The molecular formula is C22H28N4O. The number of nitrogens with zero attached hydrogens (tertiary/aromatic N) is 3. The number of primary amides is 1. The van der Waals surface area contributed by atoms with Crippen LogP contribution in [0.4, 0.5) is 0 Å². The van der Waals surface area contributed by atoms with Gasteiger partial charge >= 0.3 is 0 Å². The minimum Gasteiger partial charge on any atom is -0.366 e. The van der Waals surface area contributed by atoms with Crippen LogP contribution in [-0.4, -0.2) is 39.9 Å². The molecule has 1 aromatic heterocycles. The van der Waals surface area contributed by atoms with Crippen molar-refractivity contribution in [1.29, 1.82) is 0 Å². The van der Waals surface area contributed by atoms with Crippen molar-refractivity contribution in [2.75, 3.05) is 13.1 Å². The van der Waals surface area contributed by atoms with E-state index in [0.29, 0.717) is 11.5 Å². The Hall–Kier alpha value is -2.27. The van der Waals surface area contributed by atoms with Gasteiger partial charge in [0.2, 0.25) is 5.91 Å². The lowest BCUT2D eigenvalue weighted by Gasteiger charge is -2.40. The molecule has 2 fully saturated rings. The second kappa shape index (κ2) is 8.17. The van der Waals surface area contributed by atoms with Crippen molar-refractivity contribution in [3.63, 3.8) is 0 Å². The van der Waals surface area contributed by atoms with E-state index in [4.69, 9.17) is 10.7 Å². The number of likely N-dealkylation sites (tertiary alicyclic amines) is 1. The maximum atomic E-state index is 11.6. The van der Waals surface area contributed by atoms with Gasteiger partial charge < -0.3 is 5.73 Å². The molecule has 1 saturated carbocycles. The van der Waals surface area contributed by atoms with E-state index in [9.17, 15) is 4.79 Å². The van der Waals surface area contributed by atoms with E-state index >= 15 is 0 Å². The lowest BCUT2D eigenvalue weighted by molar-refractivity contribution is 0.100. The summed E-state index contributed by atoms with van der Waals surface area (Å²) in [6.45, 7) is 2.26. The molecule has 0 radical (unpaired) electrons. The van der Waals surface area contributed by atoms with Crippen LogP contribution in [-0.2, 0) is 0 Å². The summed E-state index contributed by atoms with van der Waals surface area (Å²) in [5.41, 5.74) is 8.83. The molecule has 1 atom stereocenters. The minimum atomic E-state index is -0.413. The lowest BCUT2D eigenvalue weighted by atomic mass is 9.87. The van der Waals surface area contributed by atoms with Gasteiger partial charge in [-0.15, -0.1) is 0 Å². The summed E-state index contributed by atoms with van der Waals surface area (Å²) in [6.07, 6.45) is 12.7. The van der Waals surface area contributed by atoms with Gasteiger partial charge in [0.25, 0.3) is 0 Å². The first kappa shape index (κ1) is 18.1. The fourth-order valence-electron chi connectivity index (χ4n) is 4.70. The van der Waals surface area contributed by atoms with Crippen LogP contribution in [0.25, 0.3) is 11.3 Å². The van der Waals surface area contributed by atoms with Crippen LogP contribution >= 0.6 is 0 Å². The largest absolute Gasteiger partial charge is 0.366 e. The van der Waals surface area contributed by atoms with Crippen molar-refractivity contribution in [3.8, 4) is 11.3 Å². The number of carbonyl (C=O) groups is 1. The van der Waals surface area contributed by atoms with E-state index in [2.05, 4.69) is 9.88 Å². The fraction of sp³-hybridized carbons (Fsp3) is 0.500. The summed E-state index contributed by atoms with van der Waals surface area (Å²) in [5.74, 6) is -0.0231. The monoisotopic (exact) mass is 364 g/mol. The molecule has 2 N–H and O–H groups in total. The summed E-state index contributed by atoms with van der Waals surface area (Å²) in [4.78, 5) is 23.6. The number of hydrogen-bond donors (Lipinski definition) is 1. The quantitative estimate of drug-likeness (QED) is 0.897. The molecule has 2 aliphatic rings. The van der Waals surface area contributed by atoms with E-state index in [1.54, 1.807) is 18.5 Å². The Balaban J connectivity index is 1.60. The summed E-state index contributed by atoms with van der Waals surface area (Å²) in [7, 11) is 0. The summed E-state index contributed by atoms with van der Waals surface area (Å²) >= 11 is 0. The van der Waals surface area contributed by atoms with Gasteiger partial charge in [-0.25, -0.2) is 0 Å². The zero-order valence-corrected chi connectivity index (χ0v) is 15.8. The third kappa shape index (κ3) is 4.03. The first-order chi connectivity index (χ1) is 13.2. The average molecular weight is 364 g/mol. The van der Waals surface area contributed by atoms with Crippen molar-refractivity contribution in [3.05, 3.63) is 47.9 Å². The Morgan fingerprint density at radius 3 is 2.67 bits per heavy atom. The van der Waals surface area contributed by atoms with Crippen LogP contribution in [0.5, 0.6) is 0 Å². The predicted molar refractivity (Wildman–Crippen MR) is 106 cm³/mol. The average Bonchev–Trinajstić information content (AvgIpc) is 2.74. The molecule has 27 heavy (non-hydrogen) atoms. The third-order valence-electron chi connectivity index (χ3n) is 6.08. The molecule has 5 nitrogen and oxygen atoms in total. The van der Waals surface area contributed by atoms with E-state index in [1.165, 1.54) is 45.1 Å². The normalized spacial score (nSPS) is 21.9. The number of amides is 1. The Kier molecular flexibility index (Phi) is 5.48. The van der Waals surface area contributed by atoms with E-state index < -0.39 is 5.91 Å². The topological polar surface area (TPSA) is 72.1 Å². The Labute approximate surface area is 161 Å². The molecule has 1 amide bonds. The molecule has 1 aliphatic heterocycles. The van der Waals surface area contributed by atoms with Gasteiger partial charge in [-0.05, 0) is 44.4 Å². The van der Waals surface area contributed by atoms with Crippen molar-refractivity contribution >= 4 is 5.91 Å². The molecule has 2 heterocycles. The molecule has 1 unspecified atom stereocenters. The van der Waals surface area contributed by atoms with E-state index in [-0.39, 0.29) is 0 Å². The minimum absolute atomic E-state index is 0.390. The first-order valence-corrected chi connectivity index (χ1v) is 10.2. The molecule has 142 valence electrons. The standard InChI is InChI=1S/C22H28N4O/c23-22(27)17-7-4-6-16(14-17)20-21(25-12-11-24-20)18-8-5-13-26(15-18)19-9-2-1-3-10-19/h4,6-7,11-12,14,18-19H,1-3,5,8-10,13,15H2,(H2,23,27). The van der Waals surface area contributed by atoms with Crippen LogP contribution in [0.3, 0.4) is 0 Å². The second-order valence-corrected chi connectivity index (χ2v) is 7.86. The highest BCUT2D eigenvalue weighted by atomic mass is 16.1. The maximum Gasteiger partial charge on any atom is 0.248 e. The molecule has 4 rings (SSSR count). The van der Waals surface area contributed by atoms with Crippen LogP contribution in [0.15, 0.2) is 36.7 Å². The number of hydrogen-bond acceptors (Lipinski definition) is 4. The van der Waals surface area contributed by atoms with Gasteiger partial charge in [0.05, 0.1) is 11.4 Å². The zero-order chi connectivity index (χ0) is 18.6. The first-order valence-electron chi connectivity index (χ1n) is 10.2. The highest BCUT2D eigenvalue weighted by Gasteiger charge is 2.30. The number of nitrogens with two attached hydrogens (primary N) is 1. The van der Waals surface area contributed by atoms with Gasteiger partial charge in [0.1, 0.15) is 0 Å². The lowest BCUT2D eigenvalue weighted by Crippen LogP contribution is -2.43. The van der Waals surface area contributed by atoms with Crippen molar-refractivity contribution in [1.82, 2.24) is 14.9 Å². The van der Waals surface area contributed by atoms with Crippen molar-refractivity contribution in [2.45, 2.75) is 56.9 Å². The van der Waals surface area contributed by atoms with Crippen LogP contribution in [0.2, 0.25) is 0 Å². The molecule has 5 heteroatoms. The third-order valence-corrected chi connectivity index (χ3v) is 6.08. The maximum absolute atomic E-state index is 11.6. The number of aromatic nitrogens is 2. The van der Waals surface area contributed by atoms with Crippen molar-refractivity contribution in [2.24, 2.45) is 5.73 Å². The van der Waals surface area contributed by atoms with Crippen LogP contribution in [0, 0.1) is 0 Å². The molecular weight excluding hydrogens is 336 g/mol. The Bertz CT molecular complexity index is 800. The van der Waals surface area contributed by atoms with Gasteiger partial charge in [0, 0.05) is 42.0 Å². The van der Waals surface area contributed by atoms with Crippen LogP contribution in [0.1, 0.15) is 66.9 Å². The highest BCUT2D eigenvalue weighted by molar-refractivity contribution is 5.94. The number of rotatable bonds is 4. The number of carbonyl (C=O) groups excluding carboxylic acids is 1. The molecule has 1 aliphatic carbocycles. The smallest absolute Gasteiger partial charge is 0.248 e. The van der Waals surface area contributed by atoms with Gasteiger partial charge in [-0.3, -0.25) is 19.7 Å². The Morgan fingerprint density at radius 2 is 1.85 bits per heavy atom. The van der Waals surface area contributed by atoms with Gasteiger partial charge in [-0.1, -0.05) is 31.4 Å². The summed E-state index contributed by atoms with van der Waals surface area (Å²) < 4.78 is 0. The Morgan fingerprint density at radius 1 is 1.04 bits per heavy atom. The fourth-order valence-corrected chi connectivity index (χ4v) is 4.70. The van der Waals surface area contributed by atoms with E-state index in [0.717, 1.165) is 36.0 Å². The SMILES string of the molecule is NC(=O)c1cccc(-c2nccnc2C2CCCN(C3CCCCC3)C2)c1. The number of benzene rings is 1. The molecule has 2 aromatic rings. The van der Waals surface area contributed by atoms with Gasteiger partial charge in [-0.2, -0.15) is 0 Å². The van der Waals surface area contributed by atoms with Crippen LogP contribution < -0.4 is 5.73 Å². The summed E-state index contributed by atoms with van der Waals surface area (Å²) in [5, 5.41) is 0. The number of piperidine rings is 1.